The quantitative estimate of drug-likeness (QED) is 0.913. The van der Waals surface area contributed by atoms with Crippen LogP contribution in [-0.4, -0.2) is 20.7 Å². The fourth-order valence-electron chi connectivity index (χ4n) is 3.60. The molecule has 4 nitrogen and oxygen atoms in total. The van der Waals surface area contributed by atoms with Crippen LogP contribution in [0.5, 0.6) is 0 Å². The monoisotopic (exact) mass is 344 g/mol. The van der Waals surface area contributed by atoms with E-state index in [1.54, 1.807) is 4.31 Å². The maximum Gasteiger partial charge on any atom is 0.235 e. The SMILES string of the molecule is Cl.NCc1ccc2c(c1)CCCN2S(=O)(=O)CC1CCCC1. The number of nitrogens with two attached hydrogens (primary N) is 1. The van der Waals surface area contributed by atoms with Gasteiger partial charge in [0.2, 0.25) is 10.0 Å². The predicted octanol–water partition coefficient (Wildman–Crippen LogP) is 2.84. The Morgan fingerprint density at radius 2 is 1.91 bits per heavy atom. The van der Waals surface area contributed by atoms with Crippen LogP contribution in [0.2, 0.25) is 0 Å². The highest BCUT2D eigenvalue weighted by molar-refractivity contribution is 7.92. The molecule has 0 saturated heterocycles. The van der Waals surface area contributed by atoms with Gasteiger partial charge in [0, 0.05) is 13.1 Å². The molecule has 0 unspecified atom stereocenters. The summed E-state index contributed by atoms with van der Waals surface area (Å²) in [6, 6.07) is 5.94. The normalized spacial score (nSPS) is 18.9. The highest BCUT2D eigenvalue weighted by Crippen LogP contribution is 2.33. The number of fused-ring (bicyclic) bond motifs is 1. The van der Waals surface area contributed by atoms with Gasteiger partial charge in [-0.05, 0) is 48.8 Å². The van der Waals surface area contributed by atoms with E-state index in [2.05, 4.69) is 6.07 Å². The topological polar surface area (TPSA) is 63.4 Å². The summed E-state index contributed by atoms with van der Waals surface area (Å²) >= 11 is 0. The zero-order valence-electron chi connectivity index (χ0n) is 12.8. The molecule has 1 aliphatic heterocycles. The summed E-state index contributed by atoms with van der Waals surface area (Å²) in [6.45, 7) is 1.12. The minimum Gasteiger partial charge on any atom is -0.326 e. The van der Waals surface area contributed by atoms with E-state index in [0.29, 0.717) is 24.8 Å². The molecule has 0 amide bonds. The van der Waals surface area contributed by atoms with Crippen LogP contribution in [0.1, 0.15) is 43.2 Å². The lowest BCUT2D eigenvalue weighted by Crippen LogP contribution is -2.38. The van der Waals surface area contributed by atoms with E-state index < -0.39 is 10.0 Å². The smallest absolute Gasteiger partial charge is 0.235 e. The molecule has 0 atom stereocenters. The van der Waals surface area contributed by atoms with Gasteiger partial charge in [0.25, 0.3) is 0 Å². The molecular formula is C16H25ClN2O2S. The second-order valence-electron chi connectivity index (χ2n) is 6.27. The molecule has 1 aromatic rings. The number of hydrogen-bond acceptors (Lipinski definition) is 3. The summed E-state index contributed by atoms with van der Waals surface area (Å²) in [5.74, 6) is 0.661. The molecule has 2 N–H and O–H groups in total. The first-order valence-corrected chi connectivity index (χ1v) is 9.53. The van der Waals surface area contributed by atoms with Crippen molar-refractivity contribution in [2.45, 2.75) is 45.1 Å². The molecule has 3 rings (SSSR count). The summed E-state index contributed by atoms with van der Waals surface area (Å²) in [6.07, 6.45) is 6.31. The van der Waals surface area contributed by atoms with Gasteiger partial charge in [-0.3, -0.25) is 4.31 Å². The van der Waals surface area contributed by atoms with Crippen LogP contribution < -0.4 is 10.0 Å². The molecule has 1 saturated carbocycles. The number of anilines is 1. The lowest BCUT2D eigenvalue weighted by molar-refractivity contribution is 0.552. The van der Waals surface area contributed by atoms with Gasteiger partial charge in [-0.15, -0.1) is 12.4 Å². The molecule has 2 aliphatic rings. The van der Waals surface area contributed by atoms with E-state index in [1.165, 1.54) is 12.8 Å². The van der Waals surface area contributed by atoms with Gasteiger partial charge in [-0.25, -0.2) is 8.42 Å². The largest absolute Gasteiger partial charge is 0.326 e. The van der Waals surface area contributed by atoms with Crippen LogP contribution in [0, 0.1) is 5.92 Å². The average Bonchev–Trinajstić information content (AvgIpc) is 2.98. The van der Waals surface area contributed by atoms with Crippen LogP contribution in [0.25, 0.3) is 0 Å². The van der Waals surface area contributed by atoms with Gasteiger partial charge < -0.3 is 5.73 Å². The van der Waals surface area contributed by atoms with Crippen molar-refractivity contribution in [1.82, 2.24) is 0 Å². The summed E-state index contributed by atoms with van der Waals surface area (Å²) in [5, 5.41) is 0. The van der Waals surface area contributed by atoms with Crippen molar-refractivity contribution in [3.8, 4) is 0 Å². The second kappa shape index (κ2) is 7.20. The van der Waals surface area contributed by atoms with Gasteiger partial charge >= 0.3 is 0 Å². The Hall–Kier alpha value is -0.780. The fraction of sp³-hybridized carbons (Fsp3) is 0.625. The Morgan fingerprint density at radius 3 is 2.59 bits per heavy atom. The van der Waals surface area contributed by atoms with E-state index >= 15 is 0 Å². The lowest BCUT2D eigenvalue weighted by Gasteiger charge is -2.31. The van der Waals surface area contributed by atoms with Crippen LogP contribution in [-0.2, 0) is 23.0 Å². The second-order valence-corrected chi connectivity index (χ2v) is 8.21. The van der Waals surface area contributed by atoms with Crippen LogP contribution in [0.15, 0.2) is 18.2 Å². The van der Waals surface area contributed by atoms with E-state index in [-0.39, 0.29) is 12.4 Å². The average molecular weight is 345 g/mol. The summed E-state index contributed by atoms with van der Waals surface area (Å²) in [7, 11) is -3.20. The lowest BCUT2D eigenvalue weighted by atomic mass is 10.0. The summed E-state index contributed by atoms with van der Waals surface area (Å²) in [5.41, 5.74) is 8.75. The molecule has 0 spiro atoms. The number of benzene rings is 1. The predicted molar refractivity (Wildman–Crippen MR) is 93.0 cm³/mol. The van der Waals surface area contributed by atoms with Crippen LogP contribution >= 0.6 is 12.4 Å². The molecule has 1 aliphatic carbocycles. The summed E-state index contributed by atoms with van der Waals surface area (Å²) < 4.78 is 27.2. The standard InChI is InChI=1S/C16H24N2O2S.ClH/c17-11-14-7-8-16-15(10-14)6-3-9-18(16)21(19,20)12-13-4-1-2-5-13;/h7-8,10,13H,1-6,9,11-12,17H2;1H. The summed E-state index contributed by atoms with van der Waals surface area (Å²) in [4.78, 5) is 0. The van der Waals surface area contributed by atoms with Crippen molar-refractivity contribution in [2.75, 3.05) is 16.6 Å². The minimum atomic E-state index is -3.20. The van der Waals surface area contributed by atoms with Crippen molar-refractivity contribution in [2.24, 2.45) is 11.7 Å². The first-order valence-electron chi connectivity index (χ1n) is 7.92. The molecule has 1 heterocycles. The van der Waals surface area contributed by atoms with Crippen molar-refractivity contribution >= 4 is 28.1 Å². The molecule has 0 bridgehead atoms. The Balaban J connectivity index is 0.00000176. The zero-order valence-corrected chi connectivity index (χ0v) is 14.5. The Morgan fingerprint density at radius 1 is 1.18 bits per heavy atom. The van der Waals surface area contributed by atoms with Crippen LogP contribution in [0.3, 0.4) is 0 Å². The third kappa shape index (κ3) is 3.58. The van der Waals surface area contributed by atoms with E-state index in [1.807, 2.05) is 12.1 Å². The molecule has 1 aromatic carbocycles. The number of hydrogen-bond donors (Lipinski definition) is 1. The third-order valence-electron chi connectivity index (χ3n) is 4.71. The Labute approximate surface area is 139 Å². The molecule has 124 valence electrons. The van der Waals surface area contributed by atoms with E-state index in [9.17, 15) is 8.42 Å². The van der Waals surface area contributed by atoms with Crippen molar-refractivity contribution < 1.29 is 8.42 Å². The number of nitrogens with zero attached hydrogens (tertiary/aromatic N) is 1. The highest BCUT2D eigenvalue weighted by Gasteiger charge is 2.31. The molecule has 1 fully saturated rings. The molecular weight excluding hydrogens is 320 g/mol. The maximum absolute atomic E-state index is 12.8. The minimum absolute atomic E-state index is 0. The first kappa shape index (κ1) is 17.6. The number of halogens is 1. The Bertz CT molecular complexity index is 613. The van der Waals surface area contributed by atoms with Gasteiger partial charge in [-0.2, -0.15) is 0 Å². The van der Waals surface area contributed by atoms with Gasteiger partial charge in [0.15, 0.2) is 0 Å². The van der Waals surface area contributed by atoms with E-state index in [0.717, 1.165) is 42.5 Å². The number of aryl methyl sites for hydroxylation is 1. The van der Waals surface area contributed by atoms with Gasteiger partial charge in [-0.1, -0.05) is 25.0 Å². The molecule has 6 heteroatoms. The fourth-order valence-corrected chi connectivity index (χ4v) is 5.59. The van der Waals surface area contributed by atoms with E-state index in [4.69, 9.17) is 5.73 Å². The van der Waals surface area contributed by atoms with Crippen molar-refractivity contribution in [1.29, 1.82) is 0 Å². The molecule has 22 heavy (non-hydrogen) atoms. The van der Waals surface area contributed by atoms with Crippen molar-refractivity contribution in [3.05, 3.63) is 29.3 Å². The van der Waals surface area contributed by atoms with Gasteiger partial charge in [0.05, 0.1) is 11.4 Å². The van der Waals surface area contributed by atoms with Crippen LogP contribution in [0.4, 0.5) is 5.69 Å². The number of sulfonamides is 1. The third-order valence-corrected chi connectivity index (χ3v) is 6.66. The molecule has 0 aromatic heterocycles. The number of rotatable bonds is 4. The first-order chi connectivity index (χ1) is 10.1. The highest BCUT2D eigenvalue weighted by atomic mass is 35.5. The Kier molecular flexibility index (Phi) is 5.75. The van der Waals surface area contributed by atoms with Gasteiger partial charge in [0.1, 0.15) is 0 Å². The maximum atomic E-state index is 12.8. The molecule has 0 radical (unpaired) electrons. The van der Waals surface area contributed by atoms with Crippen molar-refractivity contribution in [3.63, 3.8) is 0 Å². The zero-order chi connectivity index (χ0) is 14.9.